The maximum atomic E-state index is 5.54. The molecule has 1 aromatic heterocycles. The molecule has 0 bridgehead atoms. The summed E-state index contributed by atoms with van der Waals surface area (Å²) >= 11 is 3.48. The Hall–Kier alpha value is -1.13. The summed E-state index contributed by atoms with van der Waals surface area (Å²) in [6, 6.07) is 8.31. The molecule has 0 saturated carbocycles. The first-order valence-corrected chi connectivity index (χ1v) is 6.44. The second-order valence-electron chi connectivity index (χ2n) is 4.10. The lowest BCUT2D eigenvalue weighted by atomic mass is 10.1. The number of hydrogen-bond donors (Lipinski definition) is 1. The van der Waals surface area contributed by atoms with E-state index in [0.29, 0.717) is 6.54 Å². The third-order valence-corrected chi connectivity index (χ3v) is 3.17. The van der Waals surface area contributed by atoms with Crippen LogP contribution in [-0.2, 0) is 19.9 Å². The molecule has 90 valence electrons. The number of benzene rings is 1. The van der Waals surface area contributed by atoms with E-state index in [9.17, 15) is 0 Å². The normalized spacial score (nSPS) is 10.8. The summed E-state index contributed by atoms with van der Waals surface area (Å²) in [6.45, 7) is 0.646. The van der Waals surface area contributed by atoms with Crippen molar-refractivity contribution in [3.63, 3.8) is 0 Å². The summed E-state index contributed by atoms with van der Waals surface area (Å²) in [7, 11) is 2.03. The van der Waals surface area contributed by atoms with Crippen LogP contribution in [0.15, 0.2) is 34.9 Å². The van der Waals surface area contributed by atoms with Crippen molar-refractivity contribution in [2.75, 3.05) is 6.54 Å². The Morgan fingerprint density at radius 2 is 2.24 bits per heavy atom. The van der Waals surface area contributed by atoms with Gasteiger partial charge in [0.05, 0.1) is 5.69 Å². The van der Waals surface area contributed by atoms with E-state index in [1.54, 1.807) is 0 Å². The molecule has 0 saturated heterocycles. The summed E-state index contributed by atoms with van der Waals surface area (Å²) in [5.74, 6) is 1.08. The molecule has 2 N–H and O–H groups in total. The number of imidazole rings is 1. The minimum atomic E-state index is 0.646. The zero-order chi connectivity index (χ0) is 12.3. The van der Waals surface area contributed by atoms with E-state index in [0.717, 1.165) is 28.8 Å². The van der Waals surface area contributed by atoms with Crippen molar-refractivity contribution in [2.24, 2.45) is 12.8 Å². The molecule has 0 radical (unpaired) electrons. The van der Waals surface area contributed by atoms with E-state index < -0.39 is 0 Å². The molecule has 1 aromatic carbocycles. The third-order valence-electron chi connectivity index (χ3n) is 2.67. The molecule has 1 heterocycles. The number of aromatic nitrogens is 2. The lowest BCUT2D eigenvalue weighted by Gasteiger charge is -2.02. The highest BCUT2D eigenvalue weighted by Gasteiger charge is 2.05. The fourth-order valence-corrected chi connectivity index (χ4v) is 2.28. The Labute approximate surface area is 110 Å². The quantitative estimate of drug-likeness (QED) is 0.940. The van der Waals surface area contributed by atoms with E-state index in [1.807, 2.05) is 19.2 Å². The van der Waals surface area contributed by atoms with Crippen LogP contribution in [0.1, 0.15) is 17.1 Å². The highest BCUT2D eigenvalue weighted by atomic mass is 79.9. The van der Waals surface area contributed by atoms with Gasteiger partial charge in [0.25, 0.3) is 0 Å². The maximum Gasteiger partial charge on any atom is 0.113 e. The highest BCUT2D eigenvalue weighted by Crippen LogP contribution is 2.15. The van der Waals surface area contributed by atoms with Crippen molar-refractivity contribution in [2.45, 2.75) is 12.8 Å². The van der Waals surface area contributed by atoms with Gasteiger partial charge in [-0.25, -0.2) is 4.98 Å². The summed E-state index contributed by atoms with van der Waals surface area (Å²) in [6.07, 6.45) is 3.74. The van der Waals surface area contributed by atoms with Gasteiger partial charge in [-0.1, -0.05) is 28.1 Å². The molecule has 0 amide bonds. The molecule has 0 fully saturated rings. The SMILES string of the molecule is Cn1cc(CCN)nc1Cc1cccc(Br)c1. The molecule has 2 rings (SSSR count). The predicted octanol–water partition coefficient (Wildman–Crippen LogP) is 2.27. The summed E-state index contributed by atoms with van der Waals surface area (Å²) < 4.78 is 3.18. The van der Waals surface area contributed by atoms with Gasteiger partial charge in [0.2, 0.25) is 0 Å². The van der Waals surface area contributed by atoms with Crippen LogP contribution >= 0.6 is 15.9 Å². The number of aryl methyl sites for hydroxylation is 1. The zero-order valence-electron chi connectivity index (χ0n) is 9.86. The third kappa shape index (κ3) is 3.17. The fourth-order valence-electron chi connectivity index (χ4n) is 1.83. The monoisotopic (exact) mass is 293 g/mol. The first-order chi connectivity index (χ1) is 8.19. The standard InChI is InChI=1S/C13H16BrN3/c1-17-9-12(5-6-15)16-13(17)8-10-3-2-4-11(14)7-10/h2-4,7,9H,5-6,8,15H2,1H3. The second kappa shape index (κ2) is 5.47. The average Bonchev–Trinajstić information content (AvgIpc) is 2.60. The Morgan fingerprint density at radius 3 is 2.94 bits per heavy atom. The Kier molecular flexibility index (Phi) is 3.97. The van der Waals surface area contributed by atoms with Crippen molar-refractivity contribution in [3.8, 4) is 0 Å². The number of hydrogen-bond acceptors (Lipinski definition) is 2. The molecule has 2 aromatic rings. The molecular weight excluding hydrogens is 278 g/mol. The summed E-state index contributed by atoms with van der Waals surface area (Å²) in [5.41, 5.74) is 7.86. The average molecular weight is 294 g/mol. The summed E-state index contributed by atoms with van der Waals surface area (Å²) in [5, 5.41) is 0. The highest BCUT2D eigenvalue weighted by molar-refractivity contribution is 9.10. The Balaban J connectivity index is 2.18. The van der Waals surface area contributed by atoms with Crippen LogP contribution in [0.5, 0.6) is 0 Å². The van der Waals surface area contributed by atoms with E-state index in [2.05, 4.69) is 43.8 Å². The van der Waals surface area contributed by atoms with Gasteiger partial charge in [0.1, 0.15) is 5.82 Å². The molecular formula is C13H16BrN3. The van der Waals surface area contributed by atoms with Crippen LogP contribution in [0.25, 0.3) is 0 Å². The topological polar surface area (TPSA) is 43.8 Å². The van der Waals surface area contributed by atoms with Gasteiger partial charge in [-0.2, -0.15) is 0 Å². The summed E-state index contributed by atoms with van der Waals surface area (Å²) in [4.78, 5) is 4.59. The minimum Gasteiger partial charge on any atom is -0.337 e. The first-order valence-electron chi connectivity index (χ1n) is 5.64. The molecule has 0 aliphatic heterocycles. The second-order valence-corrected chi connectivity index (χ2v) is 5.02. The van der Waals surface area contributed by atoms with Crippen molar-refractivity contribution in [3.05, 3.63) is 52.0 Å². The maximum absolute atomic E-state index is 5.54. The lowest BCUT2D eigenvalue weighted by Crippen LogP contribution is -2.02. The van der Waals surface area contributed by atoms with Crippen LogP contribution < -0.4 is 5.73 Å². The zero-order valence-corrected chi connectivity index (χ0v) is 11.4. The molecule has 0 aliphatic rings. The fraction of sp³-hybridized carbons (Fsp3) is 0.308. The van der Waals surface area contributed by atoms with Gasteiger partial charge in [-0.3, -0.25) is 0 Å². The Morgan fingerprint density at radius 1 is 1.41 bits per heavy atom. The van der Waals surface area contributed by atoms with Crippen molar-refractivity contribution < 1.29 is 0 Å². The molecule has 0 unspecified atom stereocenters. The number of nitrogens with two attached hydrogens (primary N) is 1. The molecule has 0 atom stereocenters. The Bertz CT molecular complexity index is 505. The lowest BCUT2D eigenvalue weighted by molar-refractivity contribution is 0.821. The van der Waals surface area contributed by atoms with Crippen LogP contribution in [0.4, 0.5) is 0 Å². The van der Waals surface area contributed by atoms with E-state index in [1.165, 1.54) is 5.56 Å². The minimum absolute atomic E-state index is 0.646. The van der Waals surface area contributed by atoms with E-state index in [4.69, 9.17) is 5.73 Å². The van der Waals surface area contributed by atoms with Gasteiger partial charge in [-0.05, 0) is 24.2 Å². The van der Waals surface area contributed by atoms with Gasteiger partial charge in [0, 0.05) is 30.6 Å². The molecule has 4 heteroatoms. The number of nitrogens with zero attached hydrogens (tertiary/aromatic N) is 2. The van der Waals surface area contributed by atoms with Gasteiger partial charge in [0.15, 0.2) is 0 Å². The van der Waals surface area contributed by atoms with E-state index >= 15 is 0 Å². The van der Waals surface area contributed by atoms with Crippen molar-refractivity contribution in [1.82, 2.24) is 9.55 Å². The van der Waals surface area contributed by atoms with Crippen LogP contribution in [0.2, 0.25) is 0 Å². The van der Waals surface area contributed by atoms with Crippen LogP contribution in [0, 0.1) is 0 Å². The largest absolute Gasteiger partial charge is 0.337 e. The van der Waals surface area contributed by atoms with Gasteiger partial charge in [-0.15, -0.1) is 0 Å². The van der Waals surface area contributed by atoms with Gasteiger partial charge < -0.3 is 10.3 Å². The molecule has 0 aliphatic carbocycles. The molecule has 0 spiro atoms. The van der Waals surface area contributed by atoms with Crippen LogP contribution in [-0.4, -0.2) is 16.1 Å². The molecule has 17 heavy (non-hydrogen) atoms. The molecule has 3 nitrogen and oxygen atoms in total. The predicted molar refractivity (Wildman–Crippen MR) is 72.9 cm³/mol. The smallest absolute Gasteiger partial charge is 0.113 e. The number of halogens is 1. The van der Waals surface area contributed by atoms with E-state index in [-0.39, 0.29) is 0 Å². The van der Waals surface area contributed by atoms with Crippen LogP contribution in [0.3, 0.4) is 0 Å². The number of rotatable bonds is 4. The first kappa shape index (κ1) is 12.3. The van der Waals surface area contributed by atoms with Gasteiger partial charge >= 0.3 is 0 Å². The van der Waals surface area contributed by atoms with Crippen molar-refractivity contribution >= 4 is 15.9 Å². The van der Waals surface area contributed by atoms with Crippen molar-refractivity contribution in [1.29, 1.82) is 0 Å².